The van der Waals surface area contributed by atoms with Crippen LogP contribution in [0.15, 0.2) is 0 Å². The van der Waals surface area contributed by atoms with E-state index >= 15 is 0 Å². The summed E-state index contributed by atoms with van der Waals surface area (Å²) in [5.74, 6) is 0.850. The zero-order chi connectivity index (χ0) is 11.3. The molecule has 1 fully saturated rings. The summed E-state index contributed by atoms with van der Waals surface area (Å²) in [5.41, 5.74) is 0.576. The molecule has 0 atom stereocenters. The van der Waals surface area contributed by atoms with E-state index in [1.165, 1.54) is 45.1 Å². The highest BCUT2D eigenvalue weighted by molar-refractivity contribution is 4.86. The van der Waals surface area contributed by atoms with Gasteiger partial charge in [-0.05, 0) is 43.4 Å². The van der Waals surface area contributed by atoms with Crippen LogP contribution in [-0.4, -0.2) is 12.6 Å². The molecule has 0 unspecified atom stereocenters. The fourth-order valence-electron chi connectivity index (χ4n) is 2.19. The van der Waals surface area contributed by atoms with Gasteiger partial charge < -0.3 is 5.32 Å². The molecule has 1 aliphatic carbocycles. The van der Waals surface area contributed by atoms with E-state index in [1.807, 2.05) is 0 Å². The molecule has 1 aliphatic rings. The molecule has 0 spiro atoms. The first-order chi connectivity index (χ1) is 7.12. The summed E-state index contributed by atoms with van der Waals surface area (Å²) < 4.78 is 0. The van der Waals surface area contributed by atoms with Gasteiger partial charge in [0, 0.05) is 12.6 Å². The molecule has 1 N–H and O–H groups in total. The van der Waals surface area contributed by atoms with E-state index in [9.17, 15) is 0 Å². The summed E-state index contributed by atoms with van der Waals surface area (Å²) >= 11 is 0. The Morgan fingerprint density at radius 1 is 1.20 bits per heavy atom. The first kappa shape index (κ1) is 13.0. The van der Waals surface area contributed by atoms with Crippen LogP contribution >= 0.6 is 0 Å². The normalized spacial score (nSPS) is 17.4. The lowest BCUT2D eigenvalue weighted by Crippen LogP contribution is -2.35. The smallest absolute Gasteiger partial charge is 0.00684 e. The van der Waals surface area contributed by atoms with Crippen LogP contribution in [0.25, 0.3) is 0 Å². The van der Waals surface area contributed by atoms with Crippen molar-refractivity contribution in [1.29, 1.82) is 0 Å². The molecular formula is C14H29N. The van der Waals surface area contributed by atoms with Crippen molar-refractivity contribution in [1.82, 2.24) is 5.32 Å². The first-order valence-electron chi connectivity index (χ1n) is 6.85. The molecule has 0 amide bonds. The summed E-state index contributed by atoms with van der Waals surface area (Å²) in [6, 6.07) is 0.863. The maximum atomic E-state index is 3.72. The number of nitrogens with one attached hydrogen (secondary N) is 1. The van der Waals surface area contributed by atoms with Crippen molar-refractivity contribution in [3.63, 3.8) is 0 Å². The largest absolute Gasteiger partial charge is 0.313 e. The van der Waals surface area contributed by atoms with Crippen LogP contribution < -0.4 is 5.32 Å². The Labute approximate surface area is 96.0 Å². The molecule has 1 nitrogen and oxygen atoms in total. The van der Waals surface area contributed by atoms with Crippen molar-refractivity contribution >= 4 is 0 Å². The summed E-state index contributed by atoms with van der Waals surface area (Å²) in [6.45, 7) is 10.6. The lowest BCUT2D eigenvalue weighted by atomic mass is 9.76. The number of hydrogen-bond acceptors (Lipinski definition) is 1. The van der Waals surface area contributed by atoms with Crippen LogP contribution in [0.4, 0.5) is 0 Å². The van der Waals surface area contributed by atoms with Crippen LogP contribution in [0.2, 0.25) is 0 Å². The molecule has 0 heterocycles. The Bertz CT molecular complexity index is 158. The minimum Gasteiger partial charge on any atom is -0.313 e. The van der Waals surface area contributed by atoms with Crippen LogP contribution in [-0.2, 0) is 0 Å². The highest BCUT2D eigenvalue weighted by atomic mass is 15.0. The Balaban J connectivity index is 2.35. The molecule has 1 saturated carbocycles. The van der Waals surface area contributed by atoms with Crippen LogP contribution in [0.5, 0.6) is 0 Å². The van der Waals surface area contributed by atoms with E-state index < -0.39 is 0 Å². The zero-order valence-corrected chi connectivity index (χ0v) is 11.1. The van der Waals surface area contributed by atoms with Gasteiger partial charge in [-0.3, -0.25) is 0 Å². The van der Waals surface area contributed by atoms with Crippen molar-refractivity contribution in [3.8, 4) is 0 Å². The van der Waals surface area contributed by atoms with Crippen molar-refractivity contribution in [2.45, 2.75) is 72.3 Å². The monoisotopic (exact) mass is 211 g/mol. The van der Waals surface area contributed by atoms with Gasteiger partial charge in [0.1, 0.15) is 0 Å². The third-order valence-electron chi connectivity index (χ3n) is 4.10. The van der Waals surface area contributed by atoms with Crippen LogP contribution in [0.1, 0.15) is 66.2 Å². The molecule has 0 radical (unpaired) electrons. The Morgan fingerprint density at radius 3 is 2.20 bits per heavy atom. The van der Waals surface area contributed by atoms with Crippen LogP contribution in [0.3, 0.4) is 0 Å². The molecule has 0 aliphatic heterocycles. The average Bonchev–Trinajstić information content (AvgIpc) is 3.03. The summed E-state index contributed by atoms with van der Waals surface area (Å²) in [6.07, 6.45) is 8.26. The second kappa shape index (κ2) is 5.89. The van der Waals surface area contributed by atoms with Gasteiger partial charge in [-0.2, -0.15) is 0 Å². The predicted molar refractivity (Wildman–Crippen MR) is 68.1 cm³/mol. The van der Waals surface area contributed by atoms with Gasteiger partial charge in [0.15, 0.2) is 0 Å². The van der Waals surface area contributed by atoms with Gasteiger partial charge in [-0.25, -0.2) is 0 Å². The zero-order valence-electron chi connectivity index (χ0n) is 11.1. The van der Waals surface area contributed by atoms with Gasteiger partial charge >= 0.3 is 0 Å². The molecule has 0 aromatic heterocycles. The molecule has 0 saturated heterocycles. The highest BCUT2D eigenvalue weighted by Crippen LogP contribution is 2.34. The van der Waals surface area contributed by atoms with Gasteiger partial charge in [-0.15, -0.1) is 0 Å². The molecule has 1 rings (SSSR count). The van der Waals surface area contributed by atoms with Crippen molar-refractivity contribution in [3.05, 3.63) is 0 Å². The summed E-state index contributed by atoms with van der Waals surface area (Å²) in [5, 5.41) is 3.72. The standard InChI is InChI=1S/C14H29N/c1-5-14(6-2,10-9-12(3)4)11-15-13-7-8-13/h12-13,15H,5-11H2,1-4H3. The van der Waals surface area contributed by atoms with Gasteiger partial charge in [0.05, 0.1) is 0 Å². The third-order valence-corrected chi connectivity index (χ3v) is 4.10. The summed E-state index contributed by atoms with van der Waals surface area (Å²) in [7, 11) is 0. The fourth-order valence-corrected chi connectivity index (χ4v) is 2.19. The van der Waals surface area contributed by atoms with Crippen molar-refractivity contribution in [2.24, 2.45) is 11.3 Å². The van der Waals surface area contributed by atoms with Gasteiger partial charge in [0.25, 0.3) is 0 Å². The molecule has 1 heteroatoms. The Hall–Kier alpha value is -0.0400. The lowest BCUT2D eigenvalue weighted by Gasteiger charge is -2.33. The highest BCUT2D eigenvalue weighted by Gasteiger charge is 2.29. The first-order valence-corrected chi connectivity index (χ1v) is 6.85. The second-order valence-electron chi connectivity index (χ2n) is 5.79. The van der Waals surface area contributed by atoms with Gasteiger partial charge in [0.2, 0.25) is 0 Å². The van der Waals surface area contributed by atoms with E-state index in [0.29, 0.717) is 5.41 Å². The minimum atomic E-state index is 0.576. The number of rotatable bonds is 8. The van der Waals surface area contributed by atoms with E-state index in [0.717, 1.165) is 12.0 Å². The van der Waals surface area contributed by atoms with E-state index in [4.69, 9.17) is 0 Å². The third kappa shape index (κ3) is 4.55. The summed E-state index contributed by atoms with van der Waals surface area (Å²) in [4.78, 5) is 0. The SMILES string of the molecule is CCC(CC)(CCC(C)C)CNC1CC1. The van der Waals surface area contributed by atoms with Crippen molar-refractivity contribution in [2.75, 3.05) is 6.54 Å². The Morgan fingerprint density at radius 2 is 1.80 bits per heavy atom. The fraction of sp³-hybridized carbons (Fsp3) is 1.00. The number of hydrogen-bond donors (Lipinski definition) is 1. The van der Waals surface area contributed by atoms with E-state index in [-0.39, 0.29) is 0 Å². The van der Waals surface area contributed by atoms with E-state index in [2.05, 4.69) is 33.0 Å². The van der Waals surface area contributed by atoms with Gasteiger partial charge in [-0.1, -0.05) is 34.1 Å². The molecule has 90 valence electrons. The average molecular weight is 211 g/mol. The minimum absolute atomic E-state index is 0.576. The molecule has 15 heavy (non-hydrogen) atoms. The molecule has 0 aromatic carbocycles. The van der Waals surface area contributed by atoms with Crippen molar-refractivity contribution < 1.29 is 0 Å². The molecular weight excluding hydrogens is 182 g/mol. The topological polar surface area (TPSA) is 12.0 Å². The van der Waals surface area contributed by atoms with E-state index in [1.54, 1.807) is 0 Å². The maximum Gasteiger partial charge on any atom is 0.00684 e. The molecule has 0 aromatic rings. The lowest BCUT2D eigenvalue weighted by molar-refractivity contribution is 0.211. The maximum absolute atomic E-state index is 3.72. The predicted octanol–water partition coefficient (Wildman–Crippen LogP) is 3.98. The quantitative estimate of drug-likeness (QED) is 0.640. The molecule has 0 bridgehead atoms. The Kier molecular flexibility index (Phi) is 5.11. The van der Waals surface area contributed by atoms with Crippen LogP contribution in [0, 0.1) is 11.3 Å². The second-order valence-corrected chi connectivity index (χ2v) is 5.79.